The molecule has 0 radical (unpaired) electrons. The minimum absolute atomic E-state index is 0.149. The number of anilines is 1. The van der Waals surface area contributed by atoms with Crippen molar-refractivity contribution >= 4 is 42.6 Å². The highest BCUT2D eigenvalue weighted by Crippen LogP contribution is 2.29. The average Bonchev–Trinajstić information content (AvgIpc) is 3.08. The minimum Gasteiger partial charge on any atom is -0.298 e. The predicted molar refractivity (Wildman–Crippen MR) is 120 cm³/mol. The summed E-state index contributed by atoms with van der Waals surface area (Å²) >= 11 is 1.40. The molecule has 2 atom stereocenters. The Labute approximate surface area is 181 Å². The number of nitrogens with zero attached hydrogens (tertiary/aromatic N) is 2. The van der Waals surface area contributed by atoms with Gasteiger partial charge in [-0.3, -0.25) is 10.1 Å². The number of hydrogen-bond donors (Lipinski definition) is 1. The number of aryl methyl sites for hydroxylation is 1. The second kappa shape index (κ2) is 8.09. The van der Waals surface area contributed by atoms with E-state index >= 15 is 0 Å². The fourth-order valence-corrected chi connectivity index (χ4v) is 6.69. The number of rotatable bonds is 4. The molecule has 1 aromatic heterocycles. The number of carbonyl (C=O) groups is 1. The molecule has 1 fully saturated rings. The van der Waals surface area contributed by atoms with Crippen molar-refractivity contribution in [2.75, 3.05) is 18.4 Å². The molecule has 3 aromatic rings. The summed E-state index contributed by atoms with van der Waals surface area (Å²) < 4.78 is 28.8. The topological polar surface area (TPSA) is 79.4 Å². The highest BCUT2D eigenvalue weighted by atomic mass is 32.2. The summed E-state index contributed by atoms with van der Waals surface area (Å²) in [6.07, 6.45) is 1.02. The van der Waals surface area contributed by atoms with Crippen molar-refractivity contribution < 1.29 is 13.2 Å². The molecule has 158 valence electrons. The highest BCUT2D eigenvalue weighted by Gasteiger charge is 2.32. The van der Waals surface area contributed by atoms with Crippen LogP contribution in [0.5, 0.6) is 0 Å². The van der Waals surface area contributed by atoms with Crippen LogP contribution in [0.3, 0.4) is 0 Å². The van der Waals surface area contributed by atoms with Crippen molar-refractivity contribution in [3.63, 3.8) is 0 Å². The van der Waals surface area contributed by atoms with Crippen LogP contribution in [0.25, 0.3) is 10.2 Å². The first-order valence-corrected chi connectivity index (χ1v) is 12.3. The Morgan fingerprint density at radius 2 is 1.87 bits per heavy atom. The Morgan fingerprint density at radius 3 is 2.60 bits per heavy atom. The predicted octanol–water partition coefficient (Wildman–Crippen LogP) is 4.52. The lowest BCUT2D eigenvalue weighted by Gasteiger charge is -2.34. The molecular formula is C22H25N3O3S2. The van der Waals surface area contributed by atoms with Gasteiger partial charge in [0.1, 0.15) is 0 Å². The number of piperidine rings is 1. The number of hydrogen-bond acceptors (Lipinski definition) is 5. The molecule has 0 bridgehead atoms. The summed E-state index contributed by atoms with van der Waals surface area (Å²) in [6.45, 7) is 7.17. The van der Waals surface area contributed by atoms with Crippen molar-refractivity contribution in [1.29, 1.82) is 0 Å². The number of amides is 1. The van der Waals surface area contributed by atoms with Crippen molar-refractivity contribution in [2.45, 2.75) is 32.1 Å². The van der Waals surface area contributed by atoms with Gasteiger partial charge in [-0.15, -0.1) is 0 Å². The maximum Gasteiger partial charge on any atom is 0.257 e. The number of thiazole rings is 1. The van der Waals surface area contributed by atoms with E-state index < -0.39 is 10.0 Å². The molecule has 8 heteroatoms. The van der Waals surface area contributed by atoms with Gasteiger partial charge in [0, 0.05) is 18.7 Å². The van der Waals surface area contributed by atoms with Gasteiger partial charge in [0.25, 0.3) is 5.91 Å². The normalized spacial score (nSPS) is 20.4. The third kappa shape index (κ3) is 4.26. The Morgan fingerprint density at radius 1 is 1.13 bits per heavy atom. The van der Waals surface area contributed by atoms with Crippen molar-refractivity contribution in [3.05, 3.63) is 53.6 Å². The molecule has 4 rings (SSSR count). The largest absolute Gasteiger partial charge is 0.298 e. The van der Waals surface area contributed by atoms with Crippen molar-refractivity contribution in [2.24, 2.45) is 11.8 Å². The average molecular weight is 444 g/mol. The summed E-state index contributed by atoms with van der Waals surface area (Å²) in [5.74, 6) is 0.263. The van der Waals surface area contributed by atoms with E-state index in [9.17, 15) is 13.2 Å². The Hall–Kier alpha value is -2.29. The lowest BCUT2D eigenvalue weighted by Crippen LogP contribution is -2.42. The number of aromatic nitrogens is 1. The first kappa shape index (κ1) is 21.0. The SMILES string of the molecule is Cc1ccc2nc(NC(=O)c3cccc(S(=O)(=O)N4C[C@H](C)C[C@H](C)C4)c3)sc2c1. The van der Waals surface area contributed by atoms with Gasteiger partial charge in [0.05, 0.1) is 15.1 Å². The zero-order valence-electron chi connectivity index (χ0n) is 17.3. The fourth-order valence-electron chi connectivity index (χ4n) is 4.00. The molecule has 0 unspecified atom stereocenters. The lowest BCUT2D eigenvalue weighted by molar-refractivity contribution is 0.102. The molecule has 2 aromatic carbocycles. The zero-order chi connectivity index (χ0) is 21.5. The molecule has 6 nitrogen and oxygen atoms in total. The lowest BCUT2D eigenvalue weighted by atomic mass is 9.94. The highest BCUT2D eigenvalue weighted by molar-refractivity contribution is 7.89. The van der Waals surface area contributed by atoms with Gasteiger partial charge in [-0.1, -0.05) is 37.3 Å². The Kier molecular flexibility index (Phi) is 5.65. The number of carbonyl (C=O) groups excluding carboxylic acids is 1. The molecule has 1 N–H and O–H groups in total. The van der Waals surface area contributed by atoms with Gasteiger partial charge in [0.2, 0.25) is 10.0 Å². The number of benzene rings is 2. The molecule has 1 amide bonds. The molecule has 0 aliphatic carbocycles. The van der Waals surface area contributed by atoms with Gasteiger partial charge in [-0.05, 0) is 61.1 Å². The van der Waals surface area contributed by atoms with Crippen LogP contribution in [0.4, 0.5) is 5.13 Å². The van der Waals surface area contributed by atoms with Gasteiger partial charge in [-0.2, -0.15) is 4.31 Å². The van der Waals surface area contributed by atoms with Crippen LogP contribution in [0.15, 0.2) is 47.4 Å². The standard InChI is InChI=1S/C22H25N3O3S2/c1-14-7-8-19-20(10-14)29-22(23-19)24-21(26)17-5-4-6-18(11-17)30(27,28)25-12-15(2)9-16(3)13-25/h4-8,10-11,15-16H,9,12-13H2,1-3H3,(H,23,24,26)/t15-,16+. The fraction of sp³-hybridized carbons (Fsp3) is 0.364. The first-order chi connectivity index (χ1) is 14.2. The molecule has 1 saturated heterocycles. The number of fused-ring (bicyclic) bond motifs is 1. The summed E-state index contributed by atoms with van der Waals surface area (Å²) in [4.78, 5) is 17.4. The molecule has 1 aliphatic rings. The number of nitrogens with one attached hydrogen (secondary N) is 1. The molecule has 2 heterocycles. The van der Waals surface area contributed by atoms with Crippen molar-refractivity contribution in [1.82, 2.24) is 9.29 Å². The van der Waals surface area contributed by atoms with Crippen LogP contribution in [-0.2, 0) is 10.0 Å². The van der Waals surface area contributed by atoms with Gasteiger partial charge < -0.3 is 0 Å². The van der Waals surface area contributed by atoms with Crippen LogP contribution in [-0.4, -0.2) is 36.7 Å². The van der Waals surface area contributed by atoms with E-state index in [4.69, 9.17) is 0 Å². The maximum atomic E-state index is 13.1. The molecule has 1 aliphatic heterocycles. The van der Waals surface area contributed by atoms with Crippen LogP contribution in [0, 0.1) is 18.8 Å². The monoisotopic (exact) mass is 443 g/mol. The van der Waals surface area contributed by atoms with E-state index in [1.807, 2.05) is 25.1 Å². The molecule has 30 heavy (non-hydrogen) atoms. The van der Waals surface area contributed by atoms with E-state index in [1.54, 1.807) is 22.5 Å². The quantitative estimate of drug-likeness (QED) is 0.643. The van der Waals surface area contributed by atoms with Gasteiger partial charge >= 0.3 is 0 Å². The van der Waals surface area contributed by atoms with E-state index in [0.29, 0.717) is 35.6 Å². The molecule has 0 saturated carbocycles. The second-order valence-electron chi connectivity index (χ2n) is 8.24. The summed E-state index contributed by atoms with van der Waals surface area (Å²) in [5, 5.41) is 3.29. The van der Waals surface area contributed by atoms with E-state index in [0.717, 1.165) is 22.2 Å². The first-order valence-electron chi connectivity index (χ1n) is 10.0. The summed E-state index contributed by atoms with van der Waals surface area (Å²) in [5.41, 5.74) is 2.25. The van der Waals surface area contributed by atoms with Crippen molar-refractivity contribution in [3.8, 4) is 0 Å². The summed E-state index contributed by atoms with van der Waals surface area (Å²) in [6, 6.07) is 12.2. The van der Waals surface area contributed by atoms with Crippen LogP contribution >= 0.6 is 11.3 Å². The smallest absolute Gasteiger partial charge is 0.257 e. The Bertz CT molecular complexity index is 1190. The van der Waals surface area contributed by atoms with Crippen LogP contribution in [0.2, 0.25) is 0 Å². The van der Waals surface area contributed by atoms with Gasteiger partial charge in [0.15, 0.2) is 5.13 Å². The Balaban J connectivity index is 1.56. The summed E-state index contributed by atoms with van der Waals surface area (Å²) in [7, 11) is -3.64. The van der Waals surface area contributed by atoms with Crippen LogP contribution < -0.4 is 5.32 Å². The van der Waals surface area contributed by atoms with E-state index in [1.165, 1.54) is 17.4 Å². The van der Waals surface area contributed by atoms with E-state index in [2.05, 4.69) is 24.1 Å². The third-order valence-corrected chi connectivity index (χ3v) is 8.09. The maximum absolute atomic E-state index is 13.1. The van der Waals surface area contributed by atoms with E-state index in [-0.39, 0.29) is 10.8 Å². The molecule has 0 spiro atoms. The second-order valence-corrected chi connectivity index (χ2v) is 11.2. The molecular weight excluding hydrogens is 418 g/mol. The minimum atomic E-state index is -3.64. The van der Waals surface area contributed by atoms with Crippen LogP contribution in [0.1, 0.15) is 36.2 Å². The zero-order valence-corrected chi connectivity index (χ0v) is 18.9. The number of sulfonamides is 1. The third-order valence-electron chi connectivity index (χ3n) is 5.33. The van der Waals surface area contributed by atoms with Gasteiger partial charge in [-0.25, -0.2) is 13.4 Å².